The zero-order valence-electron chi connectivity index (χ0n) is 17.4. The Morgan fingerprint density at radius 3 is 2.17 bits per heavy atom. The summed E-state index contributed by atoms with van der Waals surface area (Å²) in [5.74, 6) is -1.10. The highest BCUT2D eigenvalue weighted by atomic mass is 32.2. The third-order valence-corrected chi connectivity index (χ3v) is 6.23. The summed E-state index contributed by atoms with van der Waals surface area (Å²) >= 11 is 0. The Hall–Kier alpha value is -2.41. The standard InChI is InChI=1S/C22H27FN2O3S/c1-21(2)10-11-22(3,4)17-12-14(6-8-16(17)21)20(26)24-15-7-9-19(18(23)13-15)25-29(5,27)28/h6-9,12-13,25H,10-11H2,1-5H3,(H,24,26). The number of hydrogen-bond donors (Lipinski definition) is 2. The van der Waals surface area contributed by atoms with Crippen LogP contribution in [0.5, 0.6) is 0 Å². The van der Waals surface area contributed by atoms with E-state index in [4.69, 9.17) is 0 Å². The Balaban J connectivity index is 1.86. The average molecular weight is 419 g/mol. The van der Waals surface area contributed by atoms with Crippen molar-refractivity contribution in [3.63, 3.8) is 0 Å². The molecule has 29 heavy (non-hydrogen) atoms. The second-order valence-electron chi connectivity index (χ2n) is 9.05. The molecule has 0 aliphatic heterocycles. The van der Waals surface area contributed by atoms with Gasteiger partial charge in [-0.2, -0.15) is 0 Å². The zero-order valence-corrected chi connectivity index (χ0v) is 18.2. The summed E-state index contributed by atoms with van der Waals surface area (Å²) in [6.07, 6.45) is 3.07. The molecule has 0 bridgehead atoms. The molecule has 0 saturated heterocycles. The van der Waals surface area contributed by atoms with E-state index in [1.54, 1.807) is 6.07 Å². The summed E-state index contributed by atoms with van der Waals surface area (Å²) < 4.78 is 38.8. The van der Waals surface area contributed by atoms with Gasteiger partial charge in [0.05, 0.1) is 11.9 Å². The summed E-state index contributed by atoms with van der Waals surface area (Å²) in [6, 6.07) is 9.58. The van der Waals surface area contributed by atoms with Gasteiger partial charge in [-0.1, -0.05) is 33.8 Å². The maximum atomic E-state index is 14.2. The van der Waals surface area contributed by atoms with Crippen molar-refractivity contribution in [3.8, 4) is 0 Å². The van der Waals surface area contributed by atoms with E-state index in [-0.39, 0.29) is 28.1 Å². The van der Waals surface area contributed by atoms with E-state index in [2.05, 4.69) is 37.7 Å². The number of hydrogen-bond acceptors (Lipinski definition) is 3. The molecule has 7 heteroatoms. The van der Waals surface area contributed by atoms with E-state index in [1.807, 2.05) is 12.1 Å². The predicted molar refractivity (Wildman–Crippen MR) is 115 cm³/mol. The van der Waals surface area contributed by atoms with E-state index in [0.29, 0.717) is 5.56 Å². The Kier molecular flexibility index (Phi) is 5.24. The first kappa shape index (κ1) is 21.3. The molecule has 0 unspecified atom stereocenters. The molecule has 0 aromatic heterocycles. The summed E-state index contributed by atoms with van der Waals surface area (Å²) in [5, 5.41) is 2.69. The van der Waals surface area contributed by atoms with Gasteiger partial charge in [-0.15, -0.1) is 0 Å². The minimum atomic E-state index is -3.59. The van der Waals surface area contributed by atoms with E-state index in [9.17, 15) is 17.6 Å². The van der Waals surface area contributed by atoms with Gasteiger partial charge in [0.1, 0.15) is 5.82 Å². The number of fused-ring (bicyclic) bond motifs is 1. The fraction of sp³-hybridized carbons (Fsp3) is 0.409. The van der Waals surface area contributed by atoms with Crippen molar-refractivity contribution in [1.82, 2.24) is 0 Å². The predicted octanol–water partition coefficient (Wildman–Crippen LogP) is 4.80. The fourth-order valence-corrected chi connectivity index (χ4v) is 4.37. The lowest BCUT2D eigenvalue weighted by molar-refractivity contribution is 0.102. The Labute approximate surface area is 171 Å². The van der Waals surface area contributed by atoms with Crippen molar-refractivity contribution < 1.29 is 17.6 Å². The van der Waals surface area contributed by atoms with Gasteiger partial charge in [0, 0.05) is 11.3 Å². The monoisotopic (exact) mass is 418 g/mol. The van der Waals surface area contributed by atoms with Crippen molar-refractivity contribution in [2.75, 3.05) is 16.3 Å². The lowest BCUT2D eigenvalue weighted by atomic mass is 9.63. The number of anilines is 2. The Bertz CT molecular complexity index is 1080. The molecule has 1 aliphatic carbocycles. The number of benzene rings is 2. The highest BCUT2D eigenvalue weighted by Gasteiger charge is 2.37. The minimum Gasteiger partial charge on any atom is -0.322 e. The quantitative estimate of drug-likeness (QED) is 0.749. The number of carbonyl (C=O) groups excluding carboxylic acids is 1. The Morgan fingerprint density at radius 1 is 0.966 bits per heavy atom. The first-order chi connectivity index (χ1) is 13.3. The maximum Gasteiger partial charge on any atom is 0.255 e. The molecule has 0 fully saturated rings. The van der Waals surface area contributed by atoms with Crippen molar-refractivity contribution >= 4 is 27.3 Å². The third-order valence-electron chi connectivity index (χ3n) is 5.64. The number of rotatable bonds is 4. The average Bonchev–Trinajstić information content (AvgIpc) is 2.60. The van der Waals surface area contributed by atoms with Crippen molar-refractivity contribution in [3.05, 3.63) is 58.9 Å². The highest BCUT2D eigenvalue weighted by molar-refractivity contribution is 7.92. The second-order valence-corrected chi connectivity index (χ2v) is 10.8. The molecule has 156 valence electrons. The van der Waals surface area contributed by atoms with Crippen LogP contribution in [0, 0.1) is 5.82 Å². The Morgan fingerprint density at radius 2 is 1.59 bits per heavy atom. The topological polar surface area (TPSA) is 75.3 Å². The van der Waals surface area contributed by atoms with Gasteiger partial charge in [-0.3, -0.25) is 9.52 Å². The molecule has 0 heterocycles. The molecule has 2 aromatic rings. The fourth-order valence-electron chi connectivity index (χ4n) is 3.81. The van der Waals surface area contributed by atoms with Gasteiger partial charge in [0.15, 0.2) is 0 Å². The van der Waals surface area contributed by atoms with E-state index >= 15 is 0 Å². The van der Waals surface area contributed by atoms with Crippen molar-refractivity contribution in [1.29, 1.82) is 0 Å². The molecule has 5 nitrogen and oxygen atoms in total. The van der Waals surface area contributed by atoms with Gasteiger partial charge < -0.3 is 5.32 Å². The molecule has 2 aromatic carbocycles. The van der Waals surface area contributed by atoms with Gasteiger partial charge in [0.25, 0.3) is 5.91 Å². The third kappa shape index (κ3) is 4.61. The number of carbonyl (C=O) groups is 1. The van der Waals surface area contributed by atoms with Crippen LogP contribution in [-0.2, 0) is 20.9 Å². The summed E-state index contributed by atoms with van der Waals surface area (Å²) in [4.78, 5) is 12.8. The summed E-state index contributed by atoms with van der Waals surface area (Å²) in [7, 11) is -3.59. The van der Waals surface area contributed by atoms with E-state index in [0.717, 1.165) is 25.2 Å². The van der Waals surface area contributed by atoms with Crippen LogP contribution in [0.15, 0.2) is 36.4 Å². The molecule has 0 radical (unpaired) electrons. The molecule has 1 amide bonds. The zero-order chi connectivity index (χ0) is 21.6. The number of sulfonamides is 1. The first-order valence-electron chi connectivity index (χ1n) is 9.52. The largest absolute Gasteiger partial charge is 0.322 e. The highest BCUT2D eigenvalue weighted by Crippen LogP contribution is 2.45. The molecule has 2 N–H and O–H groups in total. The summed E-state index contributed by atoms with van der Waals surface area (Å²) in [5.41, 5.74) is 3.06. The van der Waals surface area contributed by atoms with Gasteiger partial charge in [0.2, 0.25) is 10.0 Å². The minimum absolute atomic E-state index is 0.0216. The van der Waals surface area contributed by atoms with Crippen molar-refractivity contribution in [2.45, 2.75) is 51.4 Å². The lowest BCUT2D eigenvalue weighted by Crippen LogP contribution is -2.34. The molecule has 3 rings (SSSR count). The van der Waals surface area contributed by atoms with Crippen LogP contribution in [0.25, 0.3) is 0 Å². The van der Waals surface area contributed by atoms with Crippen LogP contribution >= 0.6 is 0 Å². The van der Waals surface area contributed by atoms with E-state index < -0.39 is 15.8 Å². The van der Waals surface area contributed by atoms with Gasteiger partial charge in [-0.05, 0) is 65.1 Å². The van der Waals surface area contributed by atoms with Crippen LogP contribution in [0.1, 0.15) is 62.0 Å². The van der Waals surface area contributed by atoms with Crippen LogP contribution in [0.4, 0.5) is 15.8 Å². The summed E-state index contributed by atoms with van der Waals surface area (Å²) in [6.45, 7) is 8.81. The van der Waals surface area contributed by atoms with Crippen molar-refractivity contribution in [2.24, 2.45) is 0 Å². The molecular formula is C22H27FN2O3S. The number of nitrogens with one attached hydrogen (secondary N) is 2. The second kappa shape index (κ2) is 7.13. The van der Waals surface area contributed by atoms with Crippen LogP contribution in [0.3, 0.4) is 0 Å². The van der Waals surface area contributed by atoms with Gasteiger partial charge >= 0.3 is 0 Å². The molecule has 1 aliphatic rings. The van der Waals surface area contributed by atoms with Crippen LogP contribution in [0.2, 0.25) is 0 Å². The molecule has 0 spiro atoms. The van der Waals surface area contributed by atoms with E-state index in [1.165, 1.54) is 23.3 Å². The van der Waals surface area contributed by atoms with Gasteiger partial charge in [-0.25, -0.2) is 12.8 Å². The normalized spacial score (nSPS) is 17.3. The molecule has 0 saturated carbocycles. The number of halogens is 1. The smallest absolute Gasteiger partial charge is 0.255 e. The first-order valence-corrected chi connectivity index (χ1v) is 11.4. The number of amides is 1. The van der Waals surface area contributed by atoms with Crippen LogP contribution < -0.4 is 10.0 Å². The SMILES string of the molecule is CC1(C)CCC(C)(C)c2cc(C(=O)Nc3ccc(NS(C)(=O)=O)c(F)c3)ccc21. The lowest BCUT2D eigenvalue weighted by Gasteiger charge is -2.42. The maximum absolute atomic E-state index is 14.2. The van der Waals surface area contributed by atoms with Crippen LogP contribution in [-0.4, -0.2) is 20.6 Å². The molecule has 0 atom stereocenters. The molecular weight excluding hydrogens is 391 g/mol.